The van der Waals surface area contributed by atoms with E-state index in [1.807, 2.05) is 0 Å². The number of ether oxygens (including phenoxy) is 4. The van der Waals surface area contributed by atoms with Crippen LogP contribution in [0.5, 0.6) is 0 Å². The van der Waals surface area contributed by atoms with Gasteiger partial charge < -0.3 is 18.9 Å². The second-order valence-corrected chi connectivity index (χ2v) is 10.7. The summed E-state index contributed by atoms with van der Waals surface area (Å²) < 4.78 is 23.4. The first-order valence-electron chi connectivity index (χ1n) is 10.2. The van der Waals surface area contributed by atoms with Gasteiger partial charge in [0.2, 0.25) is 0 Å². The largest absolute Gasteiger partial charge is 0.350 e. The van der Waals surface area contributed by atoms with Gasteiger partial charge in [0.25, 0.3) is 0 Å². The van der Waals surface area contributed by atoms with Crippen LogP contribution in [0.1, 0.15) is 68.2 Å². The first-order chi connectivity index (χ1) is 12.2. The molecule has 0 heterocycles. The van der Waals surface area contributed by atoms with E-state index in [0.29, 0.717) is 0 Å². The summed E-state index contributed by atoms with van der Waals surface area (Å²) in [5, 5.41) is 0. The molecule has 0 saturated carbocycles. The van der Waals surface area contributed by atoms with Crippen LogP contribution in [-0.2, 0) is 18.9 Å². The van der Waals surface area contributed by atoms with E-state index in [0.717, 1.165) is 31.9 Å². The summed E-state index contributed by atoms with van der Waals surface area (Å²) in [6, 6.07) is 5.03. The second kappa shape index (κ2) is 16.2. The van der Waals surface area contributed by atoms with Crippen LogP contribution >= 0.6 is 0 Å². The van der Waals surface area contributed by atoms with Crippen LogP contribution in [0, 0.1) is 0 Å². The molecule has 4 nitrogen and oxygen atoms in total. The topological polar surface area (TPSA) is 36.9 Å². The van der Waals surface area contributed by atoms with Gasteiger partial charge in [-0.05, 0) is 68.2 Å². The van der Waals surface area contributed by atoms with Gasteiger partial charge >= 0.3 is 0 Å². The van der Waals surface area contributed by atoms with E-state index in [1.165, 1.54) is 24.2 Å². The minimum Gasteiger partial charge on any atom is -0.350 e. The molecule has 26 heavy (non-hydrogen) atoms. The van der Waals surface area contributed by atoms with E-state index in [2.05, 4.69) is 55.4 Å². The molecular weight excluding hydrogens is 360 g/mol. The van der Waals surface area contributed by atoms with E-state index in [9.17, 15) is 0 Å². The molecule has 0 fully saturated rings. The third-order valence-corrected chi connectivity index (χ3v) is 6.28. The highest BCUT2D eigenvalue weighted by molar-refractivity contribution is 6.42. The SMILES string of the molecule is CC(C)OC(CC[Si]CC[Si]CCC(OC(C)C)OC(C)C)OC(C)C. The molecule has 0 N–H and O–H groups in total. The maximum Gasteiger partial charge on any atom is 0.157 e. The Balaban J connectivity index is 3.77. The minimum absolute atomic E-state index is 0.0490. The van der Waals surface area contributed by atoms with Gasteiger partial charge in [0, 0.05) is 19.0 Å². The van der Waals surface area contributed by atoms with E-state index >= 15 is 0 Å². The first kappa shape index (κ1) is 26.3. The quantitative estimate of drug-likeness (QED) is 0.190. The monoisotopic (exact) mass is 402 g/mol. The summed E-state index contributed by atoms with van der Waals surface area (Å²) in [6.07, 6.45) is 2.79. The summed E-state index contributed by atoms with van der Waals surface area (Å²) in [6.45, 7) is 16.6. The zero-order chi connectivity index (χ0) is 19.9. The van der Waals surface area contributed by atoms with Gasteiger partial charge in [-0.25, -0.2) is 0 Å². The molecule has 6 heteroatoms. The summed E-state index contributed by atoms with van der Waals surface area (Å²) in [7, 11) is 2.00. The van der Waals surface area contributed by atoms with Crippen molar-refractivity contribution in [1.29, 1.82) is 0 Å². The average Bonchev–Trinajstić information content (AvgIpc) is 2.47. The maximum absolute atomic E-state index is 5.85. The Hall–Kier alpha value is 0.274. The molecule has 0 unspecified atom stereocenters. The lowest BCUT2D eigenvalue weighted by atomic mass is 10.4. The standard InChI is InChI=1S/C20H42O4Si2/c1-15(2)21-19(22-16(3)4)9-11-25-13-14-26-12-10-20(23-17(5)6)24-18(7)8/h15-20H,9-14H2,1-8H3. The molecule has 4 radical (unpaired) electrons. The van der Waals surface area contributed by atoms with Gasteiger partial charge in [-0.3, -0.25) is 0 Å². The normalized spacial score (nSPS) is 12.7. The fourth-order valence-electron chi connectivity index (χ4n) is 2.42. The van der Waals surface area contributed by atoms with Crippen molar-refractivity contribution in [2.75, 3.05) is 0 Å². The Morgan fingerprint density at radius 1 is 0.462 bits per heavy atom. The van der Waals surface area contributed by atoms with Crippen molar-refractivity contribution in [2.24, 2.45) is 0 Å². The van der Waals surface area contributed by atoms with Crippen LogP contribution in [-0.4, -0.2) is 56.0 Å². The van der Waals surface area contributed by atoms with Gasteiger partial charge in [-0.1, -0.05) is 24.2 Å². The van der Waals surface area contributed by atoms with Crippen molar-refractivity contribution in [3.8, 4) is 0 Å². The van der Waals surface area contributed by atoms with Crippen LogP contribution in [0.4, 0.5) is 0 Å². The molecule has 0 aromatic carbocycles. The smallest absolute Gasteiger partial charge is 0.157 e. The van der Waals surface area contributed by atoms with E-state index in [-0.39, 0.29) is 37.0 Å². The van der Waals surface area contributed by atoms with Crippen LogP contribution in [0.2, 0.25) is 24.2 Å². The molecule has 0 aliphatic carbocycles. The number of hydrogen-bond acceptors (Lipinski definition) is 4. The van der Waals surface area contributed by atoms with Crippen molar-refractivity contribution in [2.45, 2.75) is 129 Å². The predicted molar refractivity (Wildman–Crippen MR) is 112 cm³/mol. The molecular formula is C20H42O4Si2. The molecule has 154 valence electrons. The van der Waals surface area contributed by atoms with Crippen LogP contribution in [0.15, 0.2) is 0 Å². The van der Waals surface area contributed by atoms with Crippen molar-refractivity contribution < 1.29 is 18.9 Å². The van der Waals surface area contributed by atoms with Crippen molar-refractivity contribution in [3.63, 3.8) is 0 Å². The molecule has 0 rings (SSSR count). The molecule has 0 saturated heterocycles. The Kier molecular flexibility index (Phi) is 16.4. The number of hydrogen-bond donors (Lipinski definition) is 0. The average molecular weight is 403 g/mol. The second-order valence-electron chi connectivity index (χ2n) is 7.68. The number of rotatable bonds is 17. The summed E-state index contributed by atoms with van der Waals surface area (Å²) >= 11 is 0. The van der Waals surface area contributed by atoms with Gasteiger partial charge in [-0.2, -0.15) is 0 Å². The van der Waals surface area contributed by atoms with Crippen molar-refractivity contribution in [3.05, 3.63) is 0 Å². The van der Waals surface area contributed by atoms with E-state index < -0.39 is 0 Å². The highest BCUT2D eigenvalue weighted by Gasteiger charge is 2.14. The Morgan fingerprint density at radius 3 is 0.962 bits per heavy atom. The minimum atomic E-state index is -0.0490. The Morgan fingerprint density at radius 2 is 0.731 bits per heavy atom. The third kappa shape index (κ3) is 17.7. The molecule has 0 aromatic heterocycles. The first-order valence-corrected chi connectivity index (χ1v) is 13.1. The van der Waals surface area contributed by atoms with Crippen LogP contribution in [0.25, 0.3) is 0 Å². The fraction of sp³-hybridized carbons (Fsp3) is 1.00. The molecule has 0 bridgehead atoms. The van der Waals surface area contributed by atoms with Gasteiger partial charge in [-0.15, -0.1) is 0 Å². The van der Waals surface area contributed by atoms with Gasteiger partial charge in [0.15, 0.2) is 12.6 Å². The van der Waals surface area contributed by atoms with Crippen molar-refractivity contribution in [1.82, 2.24) is 0 Å². The van der Waals surface area contributed by atoms with Gasteiger partial charge in [0.1, 0.15) is 0 Å². The summed E-state index contributed by atoms with van der Waals surface area (Å²) in [4.78, 5) is 0. The van der Waals surface area contributed by atoms with Crippen molar-refractivity contribution >= 4 is 19.0 Å². The molecule has 0 aromatic rings. The Bertz CT molecular complexity index is 262. The lowest BCUT2D eigenvalue weighted by Crippen LogP contribution is -2.25. The third-order valence-electron chi connectivity index (χ3n) is 3.29. The highest BCUT2D eigenvalue weighted by atomic mass is 28.2. The van der Waals surface area contributed by atoms with Crippen LogP contribution in [0.3, 0.4) is 0 Å². The summed E-state index contributed by atoms with van der Waals surface area (Å²) in [5.41, 5.74) is 0. The highest BCUT2D eigenvalue weighted by Crippen LogP contribution is 2.13. The summed E-state index contributed by atoms with van der Waals surface area (Å²) in [5.74, 6) is 0. The fourth-order valence-corrected chi connectivity index (χ4v) is 5.21. The van der Waals surface area contributed by atoms with E-state index in [1.54, 1.807) is 0 Å². The molecule has 0 atom stereocenters. The lowest BCUT2D eigenvalue weighted by molar-refractivity contribution is -0.181. The van der Waals surface area contributed by atoms with Gasteiger partial charge in [0.05, 0.1) is 24.4 Å². The van der Waals surface area contributed by atoms with E-state index in [4.69, 9.17) is 18.9 Å². The zero-order valence-electron chi connectivity index (χ0n) is 18.3. The lowest BCUT2D eigenvalue weighted by Gasteiger charge is -2.23. The Labute approximate surface area is 167 Å². The van der Waals surface area contributed by atoms with Crippen LogP contribution < -0.4 is 0 Å². The molecule has 0 spiro atoms. The zero-order valence-corrected chi connectivity index (χ0v) is 20.3. The maximum atomic E-state index is 5.85. The predicted octanol–water partition coefficient (Wildman–Crippen LogP) is 5.20. The molecule has 0 aliphatic heterocycles. The molecule has 0 aliphatic rings. The molecule has 0 amide bonds.